The quantitative estimate of drug-likeness (QED) is 0.817. The van der Waals surface area contributed by atoms with E-state index in [0.29, 0.717) is 22.6 Å². The van der Waals surface area contributed by atoms with Gasteiger partial charge >= 0.3 is 5.97 Å². The second kappa shape index (κ2) is 7.49. The molecule has 8 nitrogen and oxygen atoms in total. The monoisotopic (exact) mass is 333 g/mol. The topological polar surface area (TPSA) is 93.9 Å². The first kappa shape index (κ1) is 17.3. The zero-order valence-electron chi connectivity index (χ0n) is 13.7. The van der Waals surface area contributed by atoms with Crippen molar-refractivity contribution in [2.45, 2.75) is 6.54 Å². The number of carbonyl (C=O) groups excluding carboxylic acids is 1. The summed E-state index contributed by atoms with van der Waals surface area (Å²) in [7, 11) is 4.73. The number of hydrogen-bond acceptors (Lipinski definition) is 5. The van der Waals surface area contributed by atoms with Crippen molar-refractivity contribution in [3.8, 4) is 11.5 Å². The van der Waals surface area contributed by atoms with Gasteiger partial charge in [-0.15, -0.1) is 0 Å². The molecule has 0 fully saturated rings. The molecule has 0 saturated heterocycles. The highest BCUT2D eigenvalue weighted by atomic mass is 16.5. The number of carboxylic acid groups (broad SMARTS) is 1. The van der Waals surface area contributed by atoms with E-state index in [1.165, 1.54) is 30.0 Å². The SMILES string of the molecule is COc1cc(CN(CC(=O)O)C(=O)c2cnn(C)c2)cc(OC)c1. The predicted molar refractivity (Wildman–Crippen MR) is 85.1 cm³/mol. The molecule has 0 spiro atoms. The molecule has 8 heteroatoms. The van der Waals surface area contributed by atoms with E-state index in [-0.39, 0.29) is 6.54 Å². The van der Waals surface area contributed by atoms with E-state index in [0.717, 1.165) is 0 Å². The molecule has 0 atom stereocenters. The second-order valence-electron chi connectivity index (χ2n) is 5.18. The normalized spacial score (nSPS) is 10.3. The fourth-order valence-electron chi connectivity index (χ4n) is 2.26. The van der Waals surface area contributed by atoms with Gasteiger partial charge in [-0.25, -0.2) is 0 Å². The minimum Gasteiger partial charge on any atom is -0.497 e. The molecule has 1 heterocycles. The molecule has 1 aromatic carbocycles. The Kier molecular flexibility index (Phi) is 5.41. The fourth-order valence-corrected chi connectivity index (χ4v) is 2.26. The van der Waals surface area contributed by atoms with Crippen LogP contribution in [0.2, 0.25) is 0 Å². The lowest BCUT2D eigenvalue weighted by molar-refractivity contribution is -0.137. The molecule has 1 amide bonds. The Morgan fingerprint density at radius 3 is 2.29 bits per heavy atom. The number of nitrogens with zero attached hydrogens (tertiary/aromatic N) is 3. The summed E-state index contributed by atoms with van der Waals surface area (Å²) in [5.41, 5.74) is 1.03. The van der Waals surface area contributed by atoms with Gasteiger partial charge in [-0.3, -0.25) is 14.3 Å². The number of aliphatic carboxylic acids is 1. The summed E-state index contributed by atoms with van der Waals surface area (Å²) in [6.45, 7) is -0.319. The van der Waals surface area contributed by atoms with Gasteiger partial charge in [0.2, 0.25) is 0 Å². The predicted octanol–water partition coefficient (Wildman–Crippen LogP) is 1.16. The Morgan fingerprint density at radius 2 is 1.83 bits per heavy atom. The highest BCUT2D eigenvalue weighted by molar-refractivity contribution is 5.95. The van der Waals surface area contributed by atoms with Crippen molar-refractivity contribution >= 4 is 11.9 Å². The minimum absolute atomic E-state index is 0.105. The van der Waals surface area contributed by atoms with Crippen LogP contribution in [0.1, 0.15) is 15.9 Å². The van der Waals surface area contributed by atoms with Crippen molar-refractivity contribution in [1.82, 2.24) is 14.7 Å². The van der Waals surface area contributed by atoms with E-state index in [9.17, 15) is 9.59 Å². The van der Waals surface area contributed by atoms with Gasteiger partial charge in [-0.1, -0.05) is 0 Å². The van der Waals surface area contributed by atoms with E-state index >= 15 is 0 Å². The van der Waals surface area contributed by atoms with Crippen LogP contribution >= 0.6 is 0 Å². The zero-order chi connectivity index (χ0) is 17.7. The first-order valence-corrected chi connectivity index (χ1v) is 7.14. The smallest absolute Gasteiger partial charge is 0.323 e. The molecule has 0 aliphatic rings. The van der Waals surface area contributed by atoms with Gasteiger partial charge in [0.05, 0.1) is 26.0 Å². The summed E-state index contributed by atoms with van der Waals surface area (Å²) in [5, 5.41) is 13.0. The molecule has 0 aliphatic carbocycles. The molecular formula is C16H19N3O5. The van der Waals surface area contributed by atoms with Crippen LogP contribution in [0.5, 0.6) is 11.5 Å². The van der Waals surface area contributed by atoms with E-state index < -0.39 is 18.4 Å². The molecule has 0 radical (unpaired) electrons. The standard InChI is InChI=1S/C16H19N3O5/c1-18-9-12(7-17-18)16(22)19(10-15(20)21)8-11-4-13(23-2)6-14(5-11)24-3/h4-7,9H,8,10H2,1-3H3,(H,20,21). The number of benzene rings is 1. The molecule has 0 aliphatic heterocycles. The van der Waals surface area contributed by atoms with Crippen molar-refractivity contribution in [2.24, 2.45) is 7.05 Å². The van der Waals surface area contributed by atoms with Crippen LogP contribution < -0.4 is 9.47 Å². The molecule has 0 saturated carbocycles. The average molecular weight is 333 g/mol. The van der Waals surface area contributed by atoms with Crippen LogP contribution in [0.4, 0.5) is 0 Å². The number of carbonyl (C=O) groups is 2. The lowest BCUT2D eigenvalue weighted by Crippen LogP contribution is -2.35. The van der Waals surface area contributed by atoms with Crippen LogP contribution in [0, 0.1) is 0 Å². The van der Waals surface area contributed by atoms with Crippen LogP contribution in [-0.4, -0.2) is 52.4 Å². The maximum atomic E-state index is 12.6. The molecule has 128 valence electrons. The number of ether oxygens (including phenoxy) is 2. The third kappa shape index (κ3) is 4.25. The van der Waals surface area contributed by atoms with E-state index in [2.05, 4.69) is 5.10 Å². The highest BCUT2D eigenvalue weighted by Gasteiger charge is 2.20. The van der Waals surface area contributed by atoms with Crippen molar-refractivity contribution in [3.05, 3.63) is 41.7 Å². The van der Waals surface area contributed by atoms with Crippen molar-refractivity contribution in [1.29, 1.82) is 0 Å². The van der Waals surface area contributed by atoms with Gasteiger partial charge in [0.15, 0.2) is 0 Å². The van der Waals surface area contributed by atoms with Gasteiger partial charge in [-0.05, 0) is 17.7 Å². The van der Waals surface area contributed by atoms with E-state index in [4.69, 9.17) is 14.6 Å². The molecule has 0 bridgehead atoms. The summed E-state index contributed by atoms with van der Waals surface area (Å²) < 4.78 is 11.9. The Hall–Kier alpha value is -3.03. The van der Waals surface area contributed by atoms with Gasteiger partial charge in [-0.2, -0.15) is 5.10 Å². The van der Waals surface area contributed by atoms with Crippen LogP contribution in [0.15, 0.2) is 30.6 Å². The molecule has 1 aromatic heterocycles. The third-order valence-corrected chi connectivity index (χ3v) is 3.35. The Balaban J connectivity index is 2.28. The molecule has 0 unspecified atom stereocenters. The van der Waals surface area contributed by atoms with Crippen molar-refractivity contribution in [3.63, 3.8) is 0 Å². The first-order valence-electron chi connectivity index (χ1n) is 7.14. The minimum atomic E-state index is -1.10. The molecule has 2 aromatic rings. The van der Waals surface area contributed by atoms with E-state index in [1.807, 2.05) is 0 Å². The van der Waals surface area contributed by atoms with Gasteiger partial charge < -0.3 is 19.5 Å². The van der Waals surface area contributed by atoms with Crippen LogP contribution in [0.3, 0.4) is 0 Å². The van der Waals surface area contributed by atoms with Crippen LogP contribution in [0.25, 0.3) is 0 Å². The summed E-state index contributed by atoms with van der Waals surface area (Å²) in [4.78, 5) is 24.9. The molecule has 24 heavy (non-hydrogen) atoms. The maximum Gasteiger partial charge on any atom is 0.323 e. The second-order valence-corrected chi connectivity index (χ2v) is 5.18. The summed E-state index contributed by atoms with van der Waals surface area (Å²) in [6, 6.07) is 5.16. The third-order valence-electron chi connectivity index (χ3n) is 3.35. The van der Waals surface area contributed by atoms with Crippen molar-refractivity contribution < 1.29 is 24.2 Å². The summed E-state index contributed by atoms with van der Waals surface area (Å²) in [5.74, 6) is -0.378. The largest absolute Gasteiger partial charge is 0.497 e. The van der Waals surface area contributed by atoms with E-state index in [1.54, 1.807) is 31.4 Å². The summed E-state index contributed by atoms with van der Waals surface area (Å²) >= 11 is 0. The number of amides is 1. The molecular weight excluding hydrogens is 314 g/mol. The number of aromatic nitrogens is 2. The highest BCUT2D eigenvalue weighted by Crippen LogP contribution is 2.23. The first-order chi connectivity index (χ1) is 11.4. The maximum absolute atomic E-state index is 12.6. The van der Waals surface area contributed by atoms with Crippen molar-refractivity contribution in [2.75, 3.05) is 20.8 Å². The molecule has 2 rings (SSSR count). The zero-order valence-corrected chi connectivity index (χ0v) is 13.7. The van der Waals surface area contributed by atoms with Gasteiger partial charge in [0.1, 0.15) is 18.0 Å². The number of rotatable bonds is 7. The lowest BCUT2D eigenvalue weighted by atomic mass is 10.1. The summed E-state index contributed by atoms with van der Waals surface area (Å²) in [6.07, 6.45) is 2.95. The Labute approximate surface area is 139 Å². The fraction of sp³-hybridized carbons (Fsp3) is 0.312. The molecule has 1 N–H and O–H groups in total. The number of methoxy groups -OCH3 is 2. The average Bonchev–Trinajstić information content (AvgIpc) is 2.99. The Bertz CT molecular complexity index is 719. The number of hydrogen-bond donors (Lipinski definition) is 1. The van der Waals surface area contributed by atoms with Gasteiger partial charge in [0, 0.05) is 25.9 Å². The number of carboxylic acids is 1. The van der Waals surface area contributed by atoms with Crippen LogP contribution in [-0.2, 0) is 18.4 Å². The Morgan fingerprint density at radius 1 is 1.21 bits per heavy atom. The number of aryl methyl sites for hydroxylation is 1. The lowest BCUT2D eigenvalue weighted by Gasteiger charge is -2.21. The van der Waals surface area contributed by atoms with Gasteiger partial charge in [0.25, 0.3) is 5.91 Å².